The Hall–Kier alpha value is -0.640. The van der Waals surface area contributed by atoms with E-state index >= 15 is 0 Å². The molecule has 0 saturated carbocycles. The highest BCUT2D eigenvalue weighted by atomic mass is 32.2. The summed E-state index contributed by atoms with van der Waals surface area (Å²) in [6, 6.07) is 0. The monoisotopic (exact) mass is 236 g/mol. The van der Waals surface area contributed by atoms with Crippen LogP contribution in [-0.4, -0.2) is 6.26 Å². The molecule has 0 aliphatic carbocycles. The first-order valence-corrected chi connectivity index (χ1v) is 5.90. The lowest BCUT2D eigenvalue weighted by Gasteiger charge is -2.08. The minimum Gasteiger partial charge on any atom is -0.205 e. The van der Waals surface area contributed by atoms with Crippen molar-refractivity contribution < 1.29 is 13.2 Å². The number of hydrogen-bond donors (Lipinski definition) is 0. The molecule has 0 aromatic heterocycles. The zero-order valence-electron chi connectivity index (χ0n) is 9.54. The summed E-state index contributed by atoms with van der Waals surface area (Å²) >= 11 is 0.869. The molecular weight excluding hydrogens is 221 g/mol. The molecule has 0 aliphatic heterocycles. The van der Waals surface area contributed by atoms with Gasteiger partial charge in [0.1, 0.15) is 5.82 Å². The largest absolute Gasteiger partial charge is 0.205 e. The van der Waals surface area contributed by atoms with Gasteiger partial charge in [0, 0.05) is 0 Å². The molecule has 0 amide bonds. The van der Waals surface area contributed by atoms with Crippen LogP contribution >= 0.6 is 11.8 Å². The summed E-state index contributed by atoms with van der Waals surface area (Å²) in [5, 5.41) is 0. The Balaban J connectivity index is 0.000000921. The van der Waals surface area contributed by atoms with E-state index in [2.05, 4.69) is 0 Å². The molecule has 0 N–H and O–H groups in total. The number of hydrogen-bond acceptors (Lipinski definition) is 1. The van der Waals surface area contributed by atoms with Crippen LogP contribution in [-0.2, 0) is 0 Å². The molecule has 1 aromatic carbocycles. The summed E-state index contributed by atoms with van der Waals surface area (Å²) in [6.07, 6.45) is 1.51. The fraction of sp³-hybridized carbons (Fsp3) is 0.455. The molecule has 0 bridgehead atoms. The van der Waals surface area contributed by atoms with Gasteiger partial charge in [-0.25, -0.2) is 13.2 Å². The van der Waals surface area contributed by atoms with E-state index in [9.17, 15) is 13.2 Å². The van der Waals surface area contributed by atoms with Gasteiger partial charge in [-0.15, -0.1) is 11.8 Å². The van der Waals surface area contributed by atoms with Crippen LogP contribution in [0.3, 0.4) is 0 Å². The quantitative estimate of drug-likeness (QED) is 0.512. The predicted octanol–water partition coefficient (Wildman–Crippen LogP) is 4.47. The first-order valence-electron chi connectivity index (χ1n) is 4.68. The van der Waals surface area contributed by atoms with E-state index in [4.69, 9.17) is 0 Å². The van der Waals surface area contributed by atoms with Gasteiger partial charge >= 0.3 is 0 Å². The second kappa shape index (κ2) is 6.05. The van der Waals surface area contributed by atoms with Gasteiger partial charge in [0.15, 0.2) is 11.6 Å². The highest BCUT2D eigenvalue weighted by molar-refractivity contribution is 7.98. The van der Waals surface area contributed by atoms with Gasteiger partial charge in [-0.2, -0.15) is 0 Å². The lowest BCUT2D eigenvalue weighted by atomic mass is 10.1. The molecule has 0 nitrogen and oxygen atoms in total. The van der Waals surface area contributed by atoms with Crippen molar-refractivity contribution in [3.8, 4) is 0 Å². The molecule has 0 unspecified atom stereocenters. The van der Waals surface area contributed by atoms with Crippen LogP contribution in [0.2, 0.25) is 0 Å². The van der Waals surface area contributed by atoms with E-state index in [1.807, 2.05) is 13.8 Å². The van der Waals surface area contributed by atoms with Gasteiger partial charge in [0.05, 0.1) is 4.90 Å². The predicted molar refractivity (Wildman–Crippen MR) is 58.9 cm³/mol. The summed E-state index contributed by atoms with van der Waals surface area (Å²) in [4.78, 5) is -0.249. The van der Waals surface area contributed by atoms with Gasteiger partial charge in [0.25, 0.3) is 0 Å². The summed E-state index contributed by atoms with van der Waals surface area (Å²) in [5.41, 5.74) is 0.205. The molecule has 4 heteroatoms. The standard InChI is InChI=1S/C9H9F3S.C2H6/c1-4-5(2)7(11)9(13-3)8(12)6(4)10;1-2/h1-3H3;1-2H3. The maximum Gasteiger partial charge on any atom is 0.175 e. The Labute approximate surface area is 92.9 Å². The van der Waals surface area contributed by atoms with Gasteiger partial charge in [-0.3, -0.25) is 0 Å². The minimum atomic E-state index is -1.09. The molecule has 0 atom stereocenters. The molecule has 0 spiro atoms. The Morgan fingerprint density at radius 1 is 0.800 bits per heavy atom. The fourth-order valence-electron chi connectivity index (χ4n) is 1.04. The van der Waals surface area contributed by atoms with Gasteiger partial charge in [0.2, 0.25) is 0 Å². The van der Waals surface area contributed by atoms with Crippen molar-refractivity contribution in [3.63, 3.8) is 0 Å². The van der Waals surface area contributed by atoms with Crippen molar-refractivity contribution in [2.45, 2.75) is 32.6 Å². The smallest absolute Gasteiger partial charge is 0.175 e. The molecule has 0 radical (unpaired) electrons. The van der Waals surface area contributed by atoms with Gasteiger partial charge < -0.3 is 0 Å². The minimum absolute atomic E-state index is 0.0350. The Morgan fingerprint density at radius 3 is 1.60 bits per heavy atom. The van der Waals surface area contributed by atoms with E-state index < -0.39 is 17.5 Å². The molecule has 86 valence electrons. The van der Waals surface area contributed by atoms with Gasteiger partial charge in [-0.05, 0) is 31.2 Å². The second-order valence-electron chi connectivity index (χ2n) is 2.73. The van der Waals surface area contributed by atoms with E-state index in [-0.39, 0.29) is 16.0 Å². The zero-order chi connectivity index (χ0) is 12.2. The Morgan fingerprint density at radius 2 is 1.20 bits per heavy atom. The molecule has 0 heterocycles. The topological polar surface area (TPSA) is 0 Å². The molecule has 15 heavy (non-hydrogen) atoms. The van der Waals surface area contributed by atoms with Crippen LogP contribution in [0.15, 0.2) is 4.90 Å². The van der Waals surface area contributed by atoms with Crippen molar-refractivity contribution >= 4 is 11.8 Å². The maximum absolute atomic E-state index is 13.3. The SMILES string of the molecule is CC.CSc1c(F)c(C)c(C)c(F)c1F. The van der Waals surface area contributed by atoms with E-state index in [1.165, 1.54) is 20.1 Å². The van der Waals surface area contributed by atoms with E-state index in [0.29, 0.717) is 0 Å². The molecule has 0 aliphatic rings. The zero-order valence-corrected chi connectivity index (χ0v) is 10.4. The highest BCUT2D eigenvalue weighted by Crippen LogP contribution is 2.29. The third kappa shape index (κ3) is 2.68. The van der Waals surface area contributed by atoms with Crippen molar-refractivity contribution in [1.29, 1.82) is 0 Å². The first-order chi connectivity index (χ1) is 7.00. The molecule has 1 aromatic rings. The van der Waals surface area contributed by atoms with Crippen LogP contribution in [0.4, 0.5) is 13.2 Å². The van der Waals surface area contributed by atoms with Crippen LogP contribution in [0.5, 0.6) is 0 Å². The van der Waals surface area contributed by atoms with Crippen molar-refractivity contribution in [2.24, 2.45) is 0 Å². The lowest BCUT2D eigenvalue weighted by molar-refractivity contribution is 0.458. The summed E-state index contributed by atoms with van der Waals surface area (Å²) in [6.45, 7) is 6.80. The van der Waals surface area contributed by atoms with Crippen molar-refractivity contribution in [1.82, 2.24) is 0 Å². The number of halogens is 3. The number of rotatable bonds is 1. The van der Waals surface area contributed by atoms with Crippen molar-refractivity contribution in [2.75, 3.05) is 6.26 Å². The number of thioether (sulfide) groups is 1. The fourth-order valence-corrected chi connectivity index (χ4v) is 1.64. The average molecular weight is 236 g/mol. The van der Waals surface area contributed by atoms with Crippen LogP contribution in [0.1, 0.15) is 25.0 Å². The second-order valence-corrected chi connectivity index (χ2v) is 3.54. The van der Waals surface area contributed by atoms with E-state index in [1.54, 1.807) is 0 Å². The summed E-state index contributed by atoms with van der Waals surface area (Å²) in [7, 11) is 0. The third-order valence-electron chi connectivity index (χ3n) is 2.02. The molecule has 0 fully saturated rings. The van der Waals surface area contributed by atoms with Crippen LogP contribution in [0.25, 0.3) is 0 Å². The van der Waals surface area contributed by atoms with Crippen LogP contribution < -0.4 is 0 Å². The molecular formula is C11H15F3S. The summed E-state index contributed by atoms with van der Waals surface area (Å²) < 4.78 is 39.4. The van der Waals surface area contributed by atoms with Crippen molar-refractivity contribution in [3.05, 3.63) is 28.6 Å². The molecule has 1 rings (SSSR count). The third-order valence-corrected chi connectivity index (χ3v) is 2.78. The lowest BCUT2D eigenvalue weighted by Crippen LogP contribution is -2.00. The first kappa shape index (κ1) is 14.4. The van der Waals surface area contributed by atoms with Crippen LogP contribution in [0, 0.1) is 31.3 Å². The Bertz CT molecular complexity index is 319. The normalized spacial score (nSPS) is 9.60. The highest BCUT2D eigenvalue weighted by Gasteiger charge is 2.19. The van der Waals surface area contributed by atoms with Gasteiger partial charge in [-0.1, -0.05) is 13.8 Å². The maximum atomic E-state index is 13.3. The number of benzene rings is 1. The Kier molecular flexibility index (Phi) is 5.80. The molecule has 0 saturated heterocycles. The van der Waals surface area contributed by atoms with E-state index in [0.717, 1.165) is 11.8 Å². The summed E-state index contributed by atoms with van der Waals surface area (Å²) in [5.74, 6) is -2.71. The average Bonchev–Trinajstić information content (AvgIpc) is 2.27.